The minimum atomic E-state index is 0.0367. The number of hydrogen-bond acceptors (Lipinski definition) is 3. The van der Waals surface area contributed by atoms with Gasteiger partial charge in [0.1, 0.15) is 5.75 Å². The van der Waals surface area contributed by atoms with E-state index in [9.17, 15) is 4.79 Å². The monoisotopic (exact) mass is 275 g/mol. The predicted octanol–water partition coefficient (Wildman–Crippen LogP) is 2.97. The zero-order valence-electron chi connectivity index (χ0n) is 11.1. The van der Waals surface area contributed by atoms with Crippen molar-refractivity contribution in [1.29, 1.82) is 0 Å². The Kier molecular flexibility index (Phi) is 4.32. The number of rotatable bonds is 4. The van der Waals surface area contributed by atoms with E-state index in [0.717, 1.165) is 17.1 Å². The zero-order valence-corrected chi connectivity index (χ0v) is 12.0. The summed E-state index contributed by atoms with van der Waals surface area (Å²) in [5, 5.41) is 0. The fraction of sp³-hybridized carbons (Fsp3) is 0.267. The molecule has 0 unspecified atom stereocenters. The Morgan fingerprint density at radius 3 is 2.53 bits per heavy atom. The quantitative estimate of drug-likeness (QED) is 0.870. The lowest BCUT2D eigenvalue weighted by atomic mass is 10.2. The molecule has 19 heavy (non-hydrogen) atoms. The SMILES string of the molecule is CCOc1ccc(-n2cc(CS)c(=O)cc2C)cc1. The first-order valence-electron chi connectivity index (χ1n) is 6.22. The number of pyridine rings is 1. The van der Waals surface area contributed by atoms with Crippen LogP contribution in [0.1, 0.15) is 18.2 Å². The van der Waals surface area contributed by atoms with Gasteiger partial charge in [-0.1, -0.05) is 0 Å². The Labute approximate surface area is 118 Å². The molecule has 3 nitrogen and oxygen atoms in total. The van der Waals surface area contributed by atoms with Crippen LogP contribution < -0.4 is 10.2 Å². The van der Waals surface area contributed by atoms with E-state index in [1.54, 1.807) is 6.07 Å². The van der Waals surface area contributed by atoms with Crippen LogP contribution in [0.15, 0.2) is 41.3 Å². The van der Waals surface area contributed by atoms with Gasteiger partial charge in [0, 0.05) is 35.0 Å². The summed E-state index contributed by atoms with van der Waals surface area (Å²) < 4.78 is 7.41. The highest BCUT2D eigenvalue weighted by atomic mass is 32.1. The maximum Gasteiger partial charge on any atom is 0.185 e. The number of nitrogens with zero attached hydrogens (tertiary/aromatic N) is 1. The smallest absolute Gasteiger partial charge is 0.185 e. The van der Waals surface area contributed by atoms with Gasteiger partial charge in [-0.15, -0.1) is 0 Å². The fourth-order valence-electron chi connectivity index (χ4n) is 1.94. The van der Waals surface area contributed by atoms with Crippen LogP contribution in [0, 0.1) is 6.92 Å². The van der Waals surface area contributed by atoms with Gasteiger partial charge in [0.15, 0.2) is 5.43 Å². The topological polar surface area (TPSA) is 31.2 Å². The van der Waals surface area contributed by atoms with Crippen LogP contribution in [0.3, 0.4) is 0 Å². The lowest BCUT2D eigenvalue weighted by Gasteiger charge is -2.13. The molecule has 2 rings (SSSR count). The summed E-state index contributed by atoms with van der Waals surface area (Å²) in [6.07, 6.45) is 1.85. The van der Waals surface area contributed by atoms with E-state index in [2.05, 4.69) is 12.6 Å². The van der Waals surface area contributed by atoms with E-state index in [4.69, 9.17) is 4.74 Å². The highest BCUT2D eigenvalue weighted by Gasteiger charge is 2.04. The van der Waals surface area contributed by atoms with Crippen LogP contribution in [-0.4, -0.2) is 11.2 Å². The van der Waals surface area contributed by atoms with Crippen molar-refractivity contribution in [3.63, 3.8) is 0 Å². The Morgan fingerprint density at radius 2 is 1.95 bits per heavy atom. The van der Waals surface area contributed by atoms with Crippen LogP contribution in [0.5, 0.6) is 5.75 Å². The third-order valence-corrected chi connectivity index (χ3v) is 3.26. The summed E-state index contributed by atoms with van der Waals surface area (Å²) in [5.41, 5.74) is 2.64. The van der Waals surface area contributed by atoms with E-state index in [1.807, 2.05) is 48.9 Å². The van der Waals surface area contributed by atoms with Gasteiger partial charge >= 0.3 is 0 Å². The Balaban J connectivity index is 2.43. The lowest BCUT2D eigenvalue weighted by molar-refractivity contribution is 0.340. The molecule has 0 aliphatic carbocycles. The molecule has 0 amide bonds. The Morgan fingerprint density at radius 1 is 1.26 bits per heavy atom. The molecule has 1 aromatic heterocycles. The first-order chi connectivity index (χ1) is 9.15. The molecule has 0 spiro atoms. The molecule has 0 bridgehead atoms. The second-order valence-corrected chi connectivity index (χ2v) is 4.58. The summed E-state index contributed by atoms with van der Waals surface area (Å²) in [4.78, 5) is 11.7. The maximum atomic E-state index is 11.7. The minimum absolute atomic E-state index is 0.0367. The van der Waals surface area contributed by atoms with Crippen LogP contribution >= 0.6 is 12.6 Å². The van der Waals surface area contributed by atoms with Crippen molar-refractivity contribution in [3.05, 3.63) is 58.0 Å². The molecule has 1 heterocycles. The molecule has 0 atom stereocenters. The van der Waals surface area contributed by atoms with Crippen molar-refractivity contribution in [3.8, 4) is 11.4 Å². The molecule has 0 fully saturated rings. The van der Waals surface area contributed by atoms with Gasteiger partial charge in [-0.2, -0.15) is 12.6 Å². The minimum Gasteiger partial charge on any atom is -0.494 e. The highest BCUT2D eigenvalue weighted by molar-refractivity contribution is 7.79. The van der Waals surface area contributed by atoms with Crippen molar-refractivity contribution in [2.75, 3.05) is 6.61 Å². The molecule has 0 saturated carbocycles. The molecule has 1 aromatic carbocycles. The van der Waals surface area contributed by atoms with Crippen LogP contribution in [0.25, 0.3) is 5.69 Å². The number of aromatic nitrogens is 1. The van der Waals surface area contributed by atoms with E-state index in [-0.39, 0.29) is 5.43 Å². The Bertz CT molecular complexity index is 617. The van der Waals surface area contributed by atoms with E-state index < -0.39 is 0 Å². The number of aryl methyl sites for hydroxylation is 1. The average molecular weight is 275 g/mol. The molecule has 0 N–H and O–H groups in total. The van der Waals surface area contributed by atoms with Gasteiger partial charge in [-0.05, 0) is 38.1 Å². The summed E-state index contributed by atoms with van der Waals surface area (Å²) in [6, 6.07) is 9.45. The second kappa shape index (κ2) is 5.97. The van der Waals surface area contributed by atoms with Gasteiger partial charge in [0.2, 0.25) is 0 Å². The van der Waals surface area contributed by atoms with Crippen molar-refractivity contribution in [2.24, 2.45) is 0 Å². The molecular formula is C15H17NO2S. The maximum absolute atomic E-state index is 11.7. The van der Waals surface area contributed by atoms with Crippen molar-refractivity contribution >= 4 is 12.6 Å². The standard InChI is InChI=1S/C15H17NO2S/c1-3-18-14-6-4-13(5-7-14)16-9-12(10-19)15(17)8-11(16)2/h4-9,19H,3,10H2,1-2H3. The number of thiol groups is 1. The first kappa shape index (κ1) is 13.7. The largest absolute Gasteiger partial charge is 0.494 e. The fourth-order valence-corrected chi connectivity index (χ4v) is 2.18. The third kappa shape index (κ3) is 3.01. The molecule has 2 aromatic rings. The number of hydrogen-bond donors (Lipinski definition) is 1. The van der Waals surface area contributed by atoms with Gasteiger partial charge < -0.3 is 9.30 Å². The summed E-state index contributed by atoms with van der Waals surface area (Å²) in [5.74, 6) is 1.29. The molecule has 4 heteroatoms. The van der Waals surface area contributed by atoms with E-state index in [1.165, 1.54) is 0 Å². The van der Waals surface area contributed by atoms with Gasteiger partial charge in [-0.25, -0.2) is 0 Å². The molecule has 0 radical (unpaired) electrons. The van der Waals surface area contributed by atoms with E-state index >= 15 is 0 Å². The molecular weight excluding hydrogens is 258 g/mol. The molecule has 100 valence electrons. The normalized spacial score (nSPS) is 10.5. The first-order valence-corrected chi connectivity index (χ1v) is 6.85. The van der Waals surface area contributed by atoms with Crippen LogP contribution in [-0.2, 0) is 5.75 Å². The Hall–Kier alpha value is -1.68. The summed E-state index contributed by atoms with van der Waals surface area (Å²) >= 11 is 4.18. The number of ether oxygens (including phenoxy) is 1. The van der Waals surface area contributed by atoms with Gasteiger partial charge in [0.25, 0.3) is 0 Å². The van der Waals surface area contributed by atoms with Crippen molar-refractivity contribution in [1.82, 2.24) is 4.57 Å². The van der Waals surface area contributed by atoms with Crippen molar-refractivity contribution < 1.29 is 4.74 Å². The summed E-state index contributed by atoms with van der Waals surface area (Å²) in [6.45, 7) is 4.53. The van der Waals surface area contributed by atoms with Gasteiger partial charge in [-0.3, -0.25) is 4.79 Å². The molecule has 0 aliphatic heterocycles. The highest BCUT2D eigenvalue weighted by Crippen LogP contribution is 2.17. The summed E-state index contributed by atoms with van der Waals surface area (Å²) in [7, 11) is 0. The van der Waals surface area contributed by atoms with E-state index in [0.29, 0.717) is 17.9 Å². The van der Waals surface area contributed by atoms with Crippen molar-refractivity contribution in [2.45, 2.75) is 19.6 Å². The number of benzene rings is 1. The molecule has 0 aliphatic rings. The average Bonchev–Trinajstić information content (AvgIpc) is 2.41. The van der Waals surface area contributed by atoms with Crippen LogP contribution in [0.4, 0.5) is 0 Å². The lowest BCUT2D eigenvalue weighted by Crippen LogP contribution is -2.12. The second-order valence-electron chi connectivity index (χ2n) is 4.26. The van der Waals surface area contributed by atoms with Gasteiger partial charge in [0.05, 0.1) is 6.61 Å². The van der Waals surface area contributed by atoms with Crippen LogP contribution in [0.2, 0.25) is 0 Å². The third-order valence-electron chi connectivity index (χ3n) is 2.92. The predicted molar refractivity (Wildman–Crippen MR) is 80.6 cm³/mol. The zero-order chi connectivity index (χ0) is 13.8. The molecule has 0 saturated heterocycles.